The fourth-order valence-electron chi connectivity index (χ4n) is 6.25. The van der Waals surface area contributed by atoms with Crippen LogP contribution in [0.3, 0.4) is 0 Å². The number of rotatable bonds is 2. The normalized spacial score (nSPS) is 23.3. The van der Waals surface area contributed by atoms with Crippen molar-refractivity contribution >= 4 is 39.3 Å². The van der Waals surface area contributed by atoms with Crippen LogP contribution in [0.1, 0.15) is 30.4 Å². The molecule has 0 bridgehead atoms. The largest absolute Gasteiger partial charge is 0.398 e. The van der Waals surface area contributed by atoms with Gasteiger partial charge in [-0.25, -0.2) is 0 Å². The van der Waals surface area contributed by atoms with E-state index in [9.17, 15) is 0 Å². The highest BCUT2D eigenvalue weighted by molar-refractivity contribution is 8.00. The summed E-state index contributed by atoms with van der Waals surface area (Å²) < 4.78 is 2.41. The van der Waals surface area contributed by atoms with Gasteiger partial charge in [-0.3, -0.25) is 0 Å². The van der Waals surface area contributed by atoms with E-state index in [1.54, 1.807) is 0 Å². The van der Waals surface area contributed by atoms with Gasteiger partial charge in [0.05, 0.1) is 16.7 Å². The molecule has 0 radical (unpaired) electrons. The number of fused-ring (bicyclic) bond motifs is 6. The van der Waals surface area contributed by atoms with Gasteiger partial charge in [-0.15, -0.1) is 11.8 Å². The summed E-state index contributed by atoms with van der Waals surface area (Å²) in [7, 11) is 0. The number of para-hydroxylation sites is 2. The molecule has 3 heteroatoms. The van der Waals surface area contributed by atoms with E-state index < -0.39 is 0 Å². The maximum atomic E-state index is 6.77. The molecule has 166 valence electrons. The van der Waals surface area contributed by atoms with Crippen molar-refractivity contribution in [1.82, 2.24) is 4.57 Å². The molecule has 1 aromatic heterocycles. The third kappa shape index (κ3) is 2.71. The average Bonchev–Trinajstić information content (AvgIpc) is 3.35. The first-order chi connectivity index (χ1) is 16.6. The molecule has 3 atom stereocenters. The second kappa shape index (κ2) is 7.28. The fourth-order valence-corrected chi connectivity index (χ4v) is 7.76. The predicted molar refractivity (Wildman–Crippen MR) is 145 cm³/mol. The van der Waals surface area contributed by atoms with Crippen LogP contribution in [0.5, 0.6) is 0 Å². The zero-order valence-electron chi connectivity index (χ0n) is 19.1. The first-order valence-corrected chi connectivity index (χ1v) is 12.8. The highest BCUT2D eigenvalue weighted by Gasteiger charge is 2.46. The molecule has 5 aromatic rings. The number of benzene rings is 4. The predicted octanol–water partition coefficient (Wildman–Crippen LogP) is 7.84. The van der Waals surface area contributed by atoms with Crippen molar-refractivity contribution in [3.8, 4) is 5.69 Å². The number of aromatic nitrogens is 1. The highest BCUT2D eigenvalue weighted by Crippen LogP contribution is 2.57. The SMILES string of the molecule is C[C@@]12CC(c3c(N)cccc3-n3c4ccccc4c4ccccc43)C=CC1Sc1ccccc12. The van der Waals surface area contributed by atoms with Crippen LogP contribution in [0.15, 0.2) is 108 Å². The lowest BCUT2D eigenvalue weighted by Crippen LogP contribution is -2.34. The number of hydrogen-bond donors (Lipinski definition) is 1. The summed E-state index contributed by atoms with van der Waals surface area (Å²) in [5.41, 5.74) is 14.1. The van der Waals surface area contributed by atoms with Crippen LogP contribution in [0.4, 0.5) is 5.69 Å². The molecule has 2 unspecified atom stereocenters. The fraction of sp³-hybridized carbons (Fsp3) is 0.161. The lowest BCUT2D eigenvalue weighted by atomic mass is 9.68. The van der Waals surface area contributed by atoms with Gasteiger partial charge in [-0.1, -0.05) is 79.7 Å². The molecule has 2 heterocycles. The molecule has 1 aliphatic heterocycles. The molecule has 2 aliphatic rings. The third-order valence-corrected chi connectivity index (χ3v) is 9.40. The van der Waals surface area contributed by atoms with E-state index in [0.717, 1.165) is 12.1 Å². The first kappa shape index (κ1) is 20.0. The molecule has 0 saturated carbocycles. The van der Waals surface area contributed by atoms with Crippen LogP contribution < -0.4 is 5.73 Å². The van der Waals surface area contributed by atoms with E-state index in [1.165, 1.54) is 43.5 Å². The van der Waals surface area contributed by atoms with Crippen LogP contribution in [-0.2, 0) is 5.41 Å². The molecular weight excluding hydrogens is 432 g/mol. The van der Waals surface area contributed by atoms with Gasteiger partial charge in [0.1, 0.15) is 0 Å². The summed E-state index contributed by atoms with van der Waals surface area (Å²) in [4.78, 5) is 1.42. The molecule has 4 aromatic carbocycles. The molecule has 0 fully saturated rings. The topological polar surface area (TPSA) is 30.9 Å². The summed E-state index contributed by atoms with van der Waals surface area (Å²) >= 11 is 2.00. The monoisotopic (exact) mass is 458 g/mol. The van der Waals surface area contributed by atoms with Crippen LogP contribution in [0, 0.1) is 0 Å². The van der Waals surface area contributed by atoms with Crippen molar-refractivity contribution in [3.63, 3.8) is 0 Å². The van der Waals surface area contributed by atoms with Crippen LogP contribution in [-0.4, -0.2) is 9.82 Å². The molecule has 0 saturated heterocycles. The van der Waals surface area contributed by atoms with Crippen molar-refractivity contribution < 1.29 is 0 Å². The Labute approximate surface area is 204 Å². The van der Waals surface area contributed by atoms with Crippen molar-refractivity contribution in [2.75, 3.05) is 5.73 Å². The van der Waals surface area contributed by atoms with Crippen molar-refractivity contribution in [1.29, 1.82) is 0 Å². The van der Waals surface area contributed by atoms with Gasteiger partial charge in [0.25, 0.3) is 0 Å². The molecule has 0 spiro atoms. The first-order valence-electron chi connectivity index (χ1n) is 12.0. The minimum Gasteiger partial charge on any atom is -0.398 e. The van der Waals surface area contributed by atoms with E-state index in [0.29, 0.717) is 5.25 Å². The van der Waals surface area contributed by atoms with Gasteiger partial charge in [0.2, 0.25) is 0 Å². The maximum absolute atomic E-state index is 6.77. The number of nitrogen functional groups attached to an aromatic ring is 1. The Kier molecular flexibility index (Phi) is 4.28. The lowest BCUT2D eigenvalue weighted by molar-refractivity contribution is 0.415. The van der Waals surface area contributed by atoms with Gasteiger partial charge in [0, 0.05) is 43.5 Å². The van der Waals surface area contributed by atoms with Crippen molar-refractivity contribution in [2.45, 2.75) is 34.8 Å². The number of allylic oxidation sites excluding steroid dienone is 1. The standard InChI is InChI=1S/C31H26N2S/c1-31-19-20(17-18-29(31)34-28-16-7-4-11-23(28)31)30-24(32)12-8-15-27(30)33-25-13-5-2-9-21(25)22-10-3-6-14-26(22)33/h2-18,20,29H,19,32H2,1H3/t20?,29?,31-/m0/s1. The number of hydrogen-bond acceptors (Lipinski definition) is 2. The number of thioether (sulfide) groups is 1. The third-order valence-electron chi connectivity index (χ3n) is 7.86. The van der Waals surface area contributed by atoms with E-state index in [4.69, 9.17) is 5.73 Å². The summed E-state index contributed by atoms with van der Waals surface area (Å²) in [6.45, 7) is 2.44. The van der Waals surface area contributed by atoms with Crippen LogP contribution in [0.2, 0.25) is 0 Å². The Bertz CT molecular complexity index is 1560. The van der Waals surface area contributed by atoms with E-state index >= 15 is 0 Å². The molecular formula is C31H26N2S. The summed E-state index contributed by atoms with van der Waals surface area (Å²) in [6, 6.07) is 32.7. The second-order valence-corrected chi connectivity index (χ2v) is 11.0. The van der Waals surface area contributed by atoms with Crippen molar-refractivity contribution in [3.05, 3.63) is 114 Å². The number of anilines is 1. The zero-order valence-corrected chi connectivity index (χ0v) is 19.9. The Morgan fingerprint density at radius 2 is 1.47 bits per heavy atom. The van der Waals surface area contributed by atoms with Crippen LogP contribution >= 0.6 is 11.8 Å². The minimum atomic E-state index is 0.0983. The van der Waals surface area contributed by atoms with E-state index in [-0.39, 0.29) is 11.3 Å². The Balaban J connectivity index is 1.45. The van der Waals surface area contributed by atoms with Gasteiger partial charge < -0.3 is 10.3 Å². The molecule has 7 rings (SSSR count). The molecule has 2 N–H and O–H groups in total. The lowest BCUT2D eigenvalue weighted by Gasteiger charge is -2.38. The molecule has 1 aliphatic carbocycles. The molecule has 34 heavy (non-hydrogen) atoms. The molecule has 2 nitrogen and oxygen atoms in total. The van der Waals surface area contributed by atoms with Gasteiger partial charge in [-0.05, 0) is 42.3 Å². The smallest absolute Gasteiger partial charge is 0.0541 e. The number of nitrogens with zero attached hydrogens (tertiary/aromatic N) is 1. The quantitative estimate of drug-likeness (QED) is 0.216. The second-order valence-electron chi connectivity index (χ2n) is 9.80. The van der Waals surface area contributed by atoms with Gasteiger partial charge in [0.15, 0.2) is 0 Å². The summed E-state index contributed by atoms with van der Waals surface area (Å²) in [6.07, 6.45) is 5.89. The summed E-state index contributed by atoms with van der Waals surface area (Å²) in [5.74, 6) is 0.254. The highest BCUT2D eigenvalue weighted by atomic mass is 32.2. The van der Waals surface area contributed by atoms with Crippen LogP contribution in [0.25, 0.3) is 27.5 Å². The Morgan fingerprint density at radius 1 is 0.794 bits per heavy atom. The zero-order chi connectivity index (χ0) is 22.9. The number of nitrogens with two attached hydrogens (primary N) is 1. The van der Waals surface area contributed by atoms with Crippen molar-refractivity contribution in [2.24, 2.45) is 0 Å². The van der Waals surface area contributed by atoms with Gasteiger partial charge in [-0.2, -0.15) is 0 Å². The Morgan fingerprint density at radius 3 is 2.24 bits per heavy atom. The van der Waals surface area contributed by atoms with E-state index in [2.05, 4.69) is 115 Å². The van der Waals surface area contributed by atoms with E-state index in [1.807, 2.05) is 11.8 Å². The Hall–Kier alpha value is -3.43. The average molecular weight is 459 g/mol. The maximum Gasteiger partial charge on any atom is 0.0541 e. The molecule has 0 amide bonds. The minimum absolute atomic E-state index is 0.0983. The van der Waals surface area contributed by atoms with Gasteiger partial charge >= 0.3 is 0 Å². The summed E-state index contributed by atoms with van der Waals surface area (Å²) in [5, 5.41) is 3.03.